The van der Waals surface area contributed by atoms with E-state index < -0.39 is 17.0 Å². The highest BCUT2D eigenvalue weighted by Crippen LogP contribution is 2.21. The van der Waals surface area contributed by atoms with Gasteiger partial charge in [-0.05, 0) is 18.2 Å². The van der Waals surface area contributed by atoms with Crippen LogP contribution in [0, 0.1) is 0 Å². The van der Waals surface area contributed by atoms with Gasteiger partial charge in [-0.1, -0.05) is 11.6 Å². The number of ketones is 1. The van der Waals surface area contributed by atoms with Gasteiger partial charge in [0.15, 0.2) is 0 Å². The van der Waals surface area contributed by atoms with Crippen LogP contribution in [0.25, 0.3) is 0 Å². The second-order valence-electron chi connectivity index (χ2n) is 4.37. The zero-order chi connectivity index (χ0) is 15.0. The number of aromatic nitrogens is 2. The Morgan fingerprint density at radius 1 is 1.20 bits per heavy atom. The predicted octanol–water partition coefficient (Wildman–Crippen LogP) is 0.551. The molecular formula is C13H12ClN3O3. The molecule has 0 fully saturated rings. The van der Waals surface area contributed by atoms with Gasteiger partial charge < -0.3 is 10.3 Å². The van der Waals surface area contributed by atoms with E-state index in [0.29, 0.717) is 5.69 Å². The summed E-state index contributed by atoms with van der Waals surface area (Å²) in [5.74, 6) is -0.550. The van der Waals surface area contributed by atoms with Crippen LogP contribution >= 0.6 is 11.6 Å². The Morgan fingerprint density at radius 3 is 2.45 bits per heavy atom. The van der Waals surface area contributed by atoms with Gasteiger partial charge in [0.1, 0.15) is 5.56 Å². The lowest BCUT2D eigenvalue weighted by molar-refractivity contribution is 0.103. The van der Waals surface area contributed by atoms with Crippen molar-refractivity contribution in [2.75, 3.05) is 5.73 Å². The van der Waals surface area contributed by atoms with Crippen molar-refractivity contribution in [3.63, 3.8) is 0 Å². The van der Waals surface area contributed by atoms with Crippen molar-refractivity contribution in [1.29, 1.82) is 0 Å². The number of nitrogens with zero attached hydrogens (tertiary/aromatic N) is 2. The third-order valence-corrected chi connectivity index (χ3v) is 3.24. The van der Waals surface area contributed by atoms with Gasteiger partial charge in [-0.15, -0.1) is 0 Å². The summed E-state index contributed by atoms with van der Waals surface area (Å²) in [6.45, 7) is 0. The quantitative estimate of drug-likeness (QED) is 0.647. The SMILES string of the molecule is Cn1cc(C(=O)c2ccc(N)cc2Cl)c(=O)n(C)c1=O. The summed E-state index contributed by atoms with van der Waals surface area (Å²) in [6, 6.07) is 4.40. The number of aryl methyl sites for hydroxylation is 1. The molecule has 104 valence electrons. The van der Waals surface area contributed by atoms with Gasteiger partial charge in [-0.3, -0.25) is 14.2 Å². The van der Waals surface area contributed by atoms with Crippen molar-refractivity contribution in [2.24, 2.45) is 14.1 Å². The summed E-state index contributed by atoms with van der Waals surface area (Å²) in [5, 5.41) is 0.158. The molecule has 0 atom stereocenters. The Labute approximate surface area is 119 Å². The lowest BCUT2D eigenvalue weighted by Crippen LogP contribution is -2.39. The summed E-state index contributed by atoms with van der Waals surface area (Å²) in [7, 11) is 2.77. The summed E-state index contributed by atoms with van der Waals surface area (Å²) >= 11 is 5.96. The normalized spacial score (nSPS) is 10.6. The Morgan fingerprint density at radius 2 is 1.85 bits per heavy atom. The van der Waals surface area contributed by atoms with Crippen LogP contribution in [0.4, 0.5) is 5.69 Å². The maximum atomic E-state index is 12.4. The molecule has 2 rings (SSSR count). The van der Waals surface area contributed by atoms with Gasteiger partial charge in [-0.2, -0.15) is 0 Å². The van der Waals surface area contributed by atoms with Crippen LogP contribution in [0.5, 0.6) is 0 Å². The molecule has 0 aliphatic rings. The number of carbonyl (C=O) groups excluding carboxylic acids is 1. The molecule has 1 heterocycles. The van der Waals surface area contributed by atoms with E-state index in [1.165, 1.54) is 43.1 Å². The smallest absolute Gasteiger partial charge is 0.330 e. The van der Waals surface area contributed by atoms with Crippen LogP contribution in [0.3, 0.4) is 0 Å². The molecule has 2 N–H and O–H groups in total. The highest BCUT2D eigenvalue weighted by atomic mass is 35.5. The maximum absolute atomic E-state index is 12.4. The minimum absolute atomic E-state index is 0.124. The molecule has 0 aliphatic heterocycles. The summed E-state index contributed by atoms with van der Waals surface area (Å²) in [5.41, 5.74) is 4.85. The molecule has 0 radical (unpaired) electrons. The first kappa shape index (κ1) is 14.1. The molecule has 1 aromatic heterocycles. The minimum atomic E-state index is -0.661. The van der Waals surface area contributed by atoms with Crippen LogP contribution in [-0.2, 0) is 14.1 Å². The first-order valence-corrected chi connectivity index (χ1v) is 6.07. The second kappa shape index (κ2) is 4.97. The molecule has 0 unspecified atom stereocenters. The molecule has 0 saturated carbocycles. The van der Waals surface area contributed by atoms with Gasteiger partial charge in [0.2, 0.25) is 5.78 Å². The van der Waals surface area contributed by atoms with Crippen LogP contribution < -0.4 is 17.0 Å². The number of halogens is 1. The molecular weight excluding hydrogens is 282 g/mol. The van der Waals surface area contributed by atoms with Crippen molar-refractivity contribution < 1.29 is 4.79 Å². The third kappa shape index (κ3) is 2.25. The van der Waals surface area contributed by atoms with E-state index in [-0.39, 0.29) is 16.1 Å². The average molecular weight is 294 g/mol. The van der Waals surface area contributed by atoms with E-state index in [2.05, 4.69) is 0 Å². The average Bonchev–Trinajstić information content (AvgIpc) is 2.40. The van der Waals surface area contributed by atoms with E-state index in [0.717, 1.165) is 4.57 Å². The molecule has 0 amide bonds. The van der Waals surface area contributed by atoms with Gasteiger partial charge in [0.25, 0.3) is 5.56 Å². The number of nitrogens with two attached hydrogens (primary N) is 1. The number of nitrogen functional groups attached to an aromatic ring is 1. The molecule has 0 aliphatic carbocycles. The first-order valence-electron chi connectivity index (χ1n) is 5.69. The largest absolute Gasteiger partial charge is 0.399 e. The van der Waals surface area contributed by atoms with Crippen molar-refractivity contribution in [3.8, 4) is 0 Å². The van der Waals surface area contributed by atoms with Crippen molar-refractivity contribution in [3.05, 3.63) is 61.4 Å². The molecule has 7 heteroatoms. The van der Waals surface area contributed by atoms with Gasteiger partial charge in [0.05, 0.1) is 5.02 Å². The fourth-order valence-electron chi connectivity index (χ4n) is 1.82. The number of carbonyl (C=O) groups is 1. The first-order chi connectivity index (χ1) is 9.32. The predicted molar refractivity (Wildman–Crippen MR) is 76.2 cm³/mol. The van der Waals surface area contributed by atoms with Crippen LogP contribution in [0.2, 0.25) is 5.02 Å². The molecule has 20 heavy (non-hydrogen) atoms. The van der Waals surface area contributed by atoms with Gasteiger partial charge in [0, 0.05) is 31.5 Å². The fourth-order valence-corrected chi connectivity index (χ4v) is 2.10. The minimum Gasteiger partial charge on any atom is -0.399 e. The second-order valence-corrected chi connectivity index (χ2v) is 4.78. The van der Waals surface area contributed by atoms with E-state index in [9.17, 15) is 14.4 Å². The Kier molecular flexibility index (Phi) is 3.50. The Balaban J connectivity index is 2.66. The zero-order valence-electron chi connectivity index (χ0n) is 10.9. The van der Waals surface area contributed by atoms with Crippen molar-refractivity contribution in [2.45, 2.75) is 0 Å². The Hall–Kier alpha value is -2.34. The molecule has 1 aromatic carbocycles. The molecule has 2 aromatic rings. The number of benzene rings is 1. The van der Waals surface area contributed by atoms with Crippen molar-refractivity contribution in [1.82, 2.24) is 9.13 Å². The highest BCUT2D eigenvalue weighted by molar-refractivity contribution is 6.35. The van der Waals surface area contributed by atoms with Gasteiger partial charge in [-0.25, -0.2) is 4.79 Å². The number of hydrogen-bond donors (Lipinski definition) is 1. The third-order valence-electron chi connectivity index (χ3n) is 2.93. The van der Waals surface area contributed by atoms with E-state index in [1.54, 1.807) is 0 Å². The van der Waals surface area contributed by atoms with E-state index in [1.807, 2.05) is 0 Å². The molecule has 0 saturated heterocycles. The summed E-state index contributed by atoms with van der Waals surface area (Å²) < 4.78 is 2.04. The standard InChI is InChI=1S/C13H12ClN3O3/c1-16-6-9(12(19)17(2)13(16)20)11(18)8-4-3-7(15)5-10(8)14/h3-6H,15H2,1-2H3. The van der Waals surface area contributed by atoms with Crippen LogP contribution in [0.15, 0.2) is 34.0 Å². The lowest BCUT2D eigenvalue weighted by atomic mass is 10.1. The number of hydrogen-bond acceptors (Lipinski definition) is 4. The molecule has 0 spiro atoms. The molecule has 6 nitrogen and oxygen atoms in total. The van der Waals surface area contributed by atoms with E-state index >= 15 is 0 Å². The van der Waals surface area contributed by atoms with Crippen LogP contribution in [-0.4, -0.2) is 14.9 Å². The van der Waals surface area contributed by atoms with E-state index in [4.69, 9.17) is 17.3 Å². The summed E-state index contributed by atoms with van der Waals surface area (Å²) in [6.07, 6.45) is 1.21. The lowest BCUT2D eigenvalue weighted by Gasteiger charge is -2.07. The maximum Gasteiger partial charge on any atom is 0.330 e. The Bertz CT molecular complexity index is 821. The summed E-state index contributed by atoms with van der Waals surface area (Å²) in [4.78, 5) is 35.9. The fraction of sp³-hybridized carbons (Fsp3) is 0.154. The monoisotopic (exact) mass is 293 g/mol. The highest BCUT2D eigenvalue weighted by Gasteiger charge is 2.18. The number of anilines is 1. The van der Waals surface area contributed by atoms with Gasteiger partial charge >= 0.3 is 5.69 Å². The van der Waals surface area contributed by atoms with Crippen molar-refractivity contribution >= 4 is 23.1 Å². The molecule has 0 bridgehead atoms. The zero-order valence-corrected chi connectivity index (χ0v) is 11.6. The number of rotatable bonds is 2. The topological polar surface area (TPSA) is 87.1 Å². The van der Waals surface area contributed by atoms with Crippen LogP contribution in [0.1, 0.15) is 15.9 Å².